The van der Waals surface area contributed by atoms with Crippen molar-refractivity contribution in [2.75, 3.05) is 6.61 Å². The molecule has 0 atom stereocenters. The van der Waals surface area contributed by atoms with Crippen LogP contribution in [0, 0.1) is 5.82 Å². The lowest BCUT2D eigenvalue weighted by Crippen LogP contribution is -2.09. The summed E-state index contributed by atoms with van der Waals surface area (Å²) in [4.78, 5) is 22.9. The van der Waals surface area contributed by atoms with Crippen LogP contribution in [-0.4, -0.2) is 18.4 Å². The molecule has 1 aromatic rings. The second kappa shape index (κ2) is 7.26. The van der Waals surface area contributed by atoms with Crippen LogP contribution in [-0.2, 0) is 9.53 Å². The highest BCUT2D eigenvalue weighted by molar-refractivity contribution is 9.10. The Morgan fingerprint density at radius 2 is 2.06 bits per heavy atom. The van der Waals surface area contributed by atoms with Gasteiger partial charge in [0.1, 0.15) is 5.82 Å². The standard InChI is InChI=1S/C13H14BrFO3/c1-2-7-18-13(17)6-5-12(16)10-8-9(14)3-4-11(10)15/h3-4,8H,2,5-7H2,1H3. The summed E-state index contributed by atoms with van der Waals surface area (Å²) in [5, 5.41) is 0. The van der Waals surface area contributed by atoms with E-state index in [-0.39, 0.29) is 18.4 Å². The van der Waals surface area contributed by atoms with Gasteiger partial charge < -0.3 is 4.74 Å². The van der Waals surface area contributed by atoms with Crippen LogP contribution in [0.2, 0.25) is 0 Å². The Labute approximate surface area is 113 Å². The number of ketones is 1. The van der Waals surface area contributed by atoms with Gasteiger partial charge in [-0.3, -0.25) is 9.59 Å². The van der Waals surface area contributed by atoms with Gasteiger partial charge in [-0.1, -0.05) is 22.9 Å². The highest BCUT2D eigenvalue weighted by atomic mass is 79.9. The summed E-state index contributed by atoms with van der Waals surface area (Å²) in [7, 11) is 0. The van der Waals surface area contributed by atoms with Gasteiger partial charge in [0.15, 0.2) is 5.78 Å². The minimum Gasteiger partial charge on any atom is -0.466 e. The van der Waals surface area contributed by atoms with Crippen molar-refractivity contribution in [1.29, 1.82) is 0 Å². The van der Waals surface area contributed by atoms with Gasteiger partial charge in [0.2, 0.25) is 0 Å². The SMILES string of the molecule is CCCOC(=O)CCC(=O)c1cc(Br)ccc1F. The average molecular weight is 317 g/mol. The molecule has 18 heavy (non-hydrogen) atoms. The molecule has 0 aliphatic carbocycles. The first kappa shape index (κ1) is 14.8. The largest absolute Gasteiger partial charge is 0.466 e. The molecule has 1 rings (SSSR count). The molecular weight excluding hydrogens is 303 g/mol. The summed E-state index contributed by atoms with van der Waals surface area (Å²) in [5.41, 5.74) is -0.00679. The molecule has 0 fully saturated rings. The Hall–Kier alpha value is -1.23. The number of hydrogen-bond acceptors (Lipinski definition) is 3. The molecule has 0 radical (unpaired) electrons. The Bertz CT molecular complexity index is 446. The van der Waals surface area contributed by atoms with Crippen LogP contribution in [0.15, 0.2) is 22.7 Å². The quantitative estimate of drug-likeness (QED) is 0.596. The molecule has 0 N–H and O–H groups in total. The Kier molecular flexibility index (Phi) is 5.98. The lowest BCUT2D eigenvalue weighted by molar-refractivity contribution is -0.143. The van der Waals surface area contributed by atoms with Gasteiger partial charge in [0, 0.05) is 10.9 Å². The zero-order chi connectivity index (χ0) is 13.5. The van der Waals surface area contributed by atoms with Crippen LogP contribution in [0.3, 0.4) is 0 Å². The van der Waals surface area contributed by atoms with E-state index in [9.17, 15) is 14.0 Å². The molecule has 98 valence electrons. The third-order valence-corrected chi connectivity index (χ3v) is 2.75. The number of esters is 1. The van der Waals surface area contributed by atoms with Crippen molar-refractivity contribution in [3.63, 3.8) is 0 Å². The predicted molar refractivity (Wildman–Crippen MR) is 68.9 cm³/mol. The van der Waals surface area contributed by atoms with Crippen LogP contribution >= 0.6 is 15.9 Å². The van der Waals surface area contributed by atoms with E-state index in [4.69, 9.17) is 4.74 Å². The zero-order valence-corrected chi connectivity index (χ0v) is 11.6. The highest BCUT2D eigenvalue weighted by Crippen LogP contribution is 2.17. The molecule has 0 amide bonds. The van der Waals surface area contributed by atoms with E-state index in [1.165, 1.54) is 18.2 Å². The molecule has 3 nitrogen and oxygen atoms in total. The lowest BCUT2D eigenvalue weighted by Gasteiger charge is -2.04. The van der Waals surface area contributed by atoms with Crippen LogP contribution in [0.5, 0.6) is 0 Å². The maximum Gasteiger partial charge on any atom is 0.306 e. The van der Waals surface area contributed by atoms with Crippen LogP contribution < -0.4 is 0 Å². The monoisotopic (exact) mass is 316 g/mol. The van der Waals surface area contributed by atoms with E-state index >= 15 is 0 Å². The molecule has 0 saturated carbocycles. The number of rotatable bonds is 6. The third-order valence-electron chi connectivity index (χ3n) is 2.25. The zero-order valence-electron chi connectivity index (χ0n) is 10.0. The van der Waals surface area contributed by atoms with E-state index in [1.807, 2.05) is 6.92 Å². The van der Waals surface area contributed by atoms with E-state index in [0.717, 1.165) is 6.42 Å². The van der Waals surface area contributed by atoms with Gasteiger partial charge in [-0.2, -0.15) is 0 Å². The fourth-order valence-corrected chi connectivity index (χ4v) is 1.71. The highest BCUT2D eigenvalue weighted by Gasteiger charge is 2.14. The third kappa shape index (κ3) is 4.56. The first-order valence-electron chi connectivity index (χ1n) is 5.68. The summed E-state index contributed by atoms with van der Waals surface area (Å²) in [6.45, 7) is 2.23. The molecule has 0 saturated heterocycles. The first-order valence-corrected chi connectivity index (χ1v) is 6.47. The smallest absolute Gasteiger partial charge is 0.306 e. The molecular formula is C13H14BrFO3. The normalized spacial score (nSPS) is 10.2. The van der Waals surface area contributed by atoms with Crippen molar-refractivity contribution in [3.8, 4) is 0 Å². The van der Waals surface area contributed by atoms with Crippen molar-refractivity contribution in [1.82, 2.24) is 0 Å². The van der Waals surface area contributed by atoms with Crippen molar-refractivity contribution in [2.24, 2.45) is 0 Å². The number of Topliss-reactive ketones (excluding diaryl/α,β-unsaturated/α-hetero) is 1. The Balaban J connectivity index is 2.55. The number of benzene rings is 1. The number of carbonyl (C=O) groups excluding carboxylic acids is 2. The lowest BCUT2D eigenvalue weighted by atomic mass is 10.1. The van der Waals surface area contributed by atoms with E-state index < -0.39 is 17.6 Å². The second-order valence-corrected chi connectivity index (χ2v) is 4.68. The van der Waals surface area contributed by atoms with Gasteiger partial charge in [-0.15, -0.1) is 0 Å². The number of halogens is 2. The van der Waals surface area contributed by atoms with Crippen LogP contribution in [0.1, 0.15) is 36.5 Å². The molecule has 0 unspecified atom stereocenters. The summed E-state index contributed by atoms with van der Waals surface area (Å²) in [6, 6.07) is 4.14. The maximum atomic E-state index is 13.4. The topological polar surface area (TPSA) is 43.4 Å². The van der Waals surface area contributed by atoms with E-state index in [0.29, 0.717) is 11.1 Å². The maximum absolute atomic E-state index is 13.4. The predicted octanol–water partition coefficient (Wildman–Crippen LogP) is 3.50. The van der Waals surface area contributed by atoms with E-state index in [1.54, 1.807) is 0 Å². The van der Waals surface area contributed by atoms with Gasteiger partial charge >= 0.3 is 5.97 Å². The van der Waals surface area contributed by atoms with Crippen LogP contribution in [0.25, 0.3) is 0 Å². The van der Waals surface area contributed by atoms with Crippen molar-refractivity contribution >= 4 is 27.7 Å². The fourth-order valence-electron chi connectivity index (χ4n) is 1.35. The molecule has 0 aliphatic heterocycles. The average Bonchev–Trinajstić information content (AvgIpc) is 2.36. The molecule has 0 heterocycles. The summed E-state index contributed by atoms with van der Waals surface area (Å²) >= 11 is 3.17. The van der Waals surface area contributed by atoms with Crippen molar-refractivity contribution < 1.29 is 18.7 Å². The van der Waals surface area contributed by atoms with Gasteiger partial charge in [-0.05, 0) is 24.6 Å². The molecule has 0 aliphatic rings. The number of carbonyl (C=O) groups is 2. The Morgan fingerprint density at radius 3 is 2.72 bits per heavy atom. The van der Waals surface area contributed by atoms with Crippen LogP contribution in [0.4, 0.5) is 4.39 Å². The van der Waals surface area contributed by atoms with Gasteiger partial charge in [0.25, 0.3) is 0 Å². The molecule has 5 heteroatoms. The van der Waals surface area contributed by atoms with Gasteiger partial charge in [-0.25, -0.2) is 4.39 Å². The summed E-state index contributed by atoms with van der Waals surface area (Å²) < 4.78 is 18.9. The van der Waals surface area contributed by atoms with Crippen molar-refractivity contribution in [2.45, 2.75) is 26.2 Å². The molecule has 1 aromatic carbocycles. The fraction of sp³-hybridized carbons (Fsp3) is 0.385. The molecule has 0 spiro atoms. The first-order chi connectivity index (χ1) is 8.54. The van der Waals surface area contributed by atoms with Crippen molar-refractivity contribution in [3.05, 3.63) is 34.1 Å². The summed E-state index contributed by atoms with van der Waals surface area (Å²) in [6.07, 6.45) is 0.667. The molecule has 0 bridgehead atoms. The minimum atomic E-state index is -0.579. The summed E-state index contributed by atoms with van der Waals surface area (Å²) in [5.74, 6) is -1.41. The number of ether oxygens (including phenoxy) is 1. The Morgan fingerprint density at radius 1 is 1.33 bits per heavy atom. The molecule has 0 aromatic heterocycles. The minimum absolute atomic E-state index is 0.00679. The van der Waals surface area contributed by atoms with Gasteiger partial charge in [0.05, 0.1) is 18.6 Å². The number of hydrogen-bond donors (Lipinski definition) is 0. The van der Waals surface area contributed by atoms with E-state index in [2.05, 4.69) is 15.9 Å². The second-order valence-electron chi connectivity index (χ2n) is 3.77.